The van der Waals surface area contributed by atoms with Crippen LogP contribution in [-0.2, 0) is 6.54 Å². The summed E-state index contributed by atoms with van der Waals surface area (Å²) in [5.41, 5.74) is 3.46. The lowest BCUT2D eigenvalue weighted by Crippen LogP contribution is -2.22. The van der Waals surface area contributed by atoms with E-state index >= 15 is 0 Å². The number of hydrogen-bond donors (Lipinski definition) is 1. The largest absolute Gasteiger partial charge is 0.497 e. The zero-order valence-electron chi connectivity index (χ0n) is 12.9. The summed E-state index contributed by atoms with van der Waals surface area (Å²) in [5.74, 6) is 1.91. The van der Waals surface area contributed by atoms with Gasteiger partial charge in [-0.1, -0.05) is 12.1 Å². The number of benzene rings is 1. The Morgan fingerprint density at radius 2 is 2.10 bits per heavy atom. The van der Waals surface area contributed by atoms with Gasteiger partial charge in [-0.3, -0.25) is 4.90 Å². The number of hydrogen-bond acceptors (Lipinski definition) is 3. The maximum Gasteiger partial charge on any atom is 0.120 e. The summed E-state index contributed by atoms with van der Waals surface area (Å²) in [4.78, 5) is 10.1. The number of methoxy groups -OCH3 is 1. The summed E-state index contributed by atoms with van der Waals surface area (Å²) in [7, 11) is 3.80. The molecular formula is C16H23N3O. The summed E-state index contributed by atoms with van der Waals surface area (Å²) >= 11 is 0. The second-order valence-corrected chi connectivity index (χ2v) is 5.26. The van der Waals surface area contributed by atoms with Crippen molar-refractivity contribution in [3.63, 3.8) is 0 Å². The van der Waals surface area contributed by atoms with Gasteiger partial charge in [0.1, 0.15) is 11.6 Å². The first-order chi connectivity index (χ1) is 9.51. The van der Waals surface area contributed by atoms with Crippen LogP contribution in [0.1, 0.15) is 35.7 Å². The van der Waals surface area contributed by atoms with Gasteiger partial charge in [-0.25, -0.2) is 4.98 Å². The first kappa shape index (κ1) is 14.6. The van der Waals surface area contributed by atoms with Crippen LogP contribution >= 0.6 is 0 Å². The minimum atomic E-state index is 0.302. The molecule has 0 spiro atoms. The van der Waals surface area contributed by atoms with E-state index in [4.69, 9.17) is 4.74 Å². The lowest BCUT2D eigenvalue weighted by atomic mass is 10.1. The monoisotopic (exact) mass is 273 g/mol. The molecule has 1 atom stereocenters. The van der Waals surface area contributed by atoms with Crippen LogP contribution in [0.2, 0.25) is 0 Å². The summed E-state index contributed by atoms with van der Waals surface area (Å²) in [5, 5.41) is 0. The molecule has 0 aliphatic heterocycles. The minimum Gasteiger partial charge on any atom is -0.497 e. The highest BCUT2D eigenvalue weighted by Crippen LogP contribution is 2.23. The van der Waals surface area contributed by atoms with Gasteiger partial charge in [-0.05, 0) is 45.5 Å². The molecule has 0 bridgehead atoms. The Kier molecular flexibility index (Phi) is 4.45. The van der Waals surface area contributed by atoms with Gasteiger partial charge in [-0.2, -0.15) is 0 Å². The normalized spacial score (nSPS) is 12.7. The second-order valence-electron chi connectivity index (χ2n) is 5.26. The highest BCUT2D eigenvalue weighted by atomic mass is 16.5. The fourth-order valence-electron chi connectivity index (χ4n) is 2.23. The number of nitrogens with one attached hydrogen (secondary N) is 1. The van der Waals surface area contributed by atoms with Gasteiger partial charge in [0.05, 0.1) is 19.3 Å². The number of aryl methyl sites for hydroxylation is 2. The summed E-state index contributed by atoms with van der Waals surface area (Å²) in [6.45, 7) is 7.07. The summed E-state index contributed by atoms with van der Waals surface area (Å²) in [6, 6.07) is 8.51. The maximum atomic E-state index is 5.29. The van der Waals surface area contributed by atoms with E-state index in [1.54, 1.807) is 7.11 Å². The Hall–Kier alpha value is -1.81. The fourth-order valence-corrected chi connectivity index (χ4v) is 2.23. The predicted octanol–water partition coefficient (Wildman–Crippen LogP) is 3.23. The van der Waals surface area contributed by atoms with Gasteiger partial charge >= 0.3 is 0 Å². The first-order valence-electron chi connectivity index (χ1n) is 6.87. The number of nitrogens with zero attached hydrogens (tertiary/aromatic N) is 2. The Morgan fingerprint density at radius 3 is 2.70 bits per heavy atom. The molecule has 1 heterocycles. The number of ether oxygens (including phenoxy) is 1. The summed E-state index contributed by atoms with van der Waals surface area (Å²) < 4.78 is 5.29. The van der Waals surface area contributed by atoms with Crippen molar-refractivity contribution in [2.45, 2.75) is 33.4 Å². The third-order valence-corrected chi connectivity index (χ3v) is 3.81. The topological polar surface area (TPSA) is 41.1 Å². The van der Waals surface area contributed by atoms with E-state index in [0.717, 1.165) is 29.5 Å². The number of aromatic nitrogens is 2. The van der Waals surface area contributed by atoms with Gasteiger partial charge in [0.25, 0.3) is 0 Å². The molecule has 0 fully saturated rings. The second kappa shape index (κ2) is 6.09. The van der Waals surface area contributed by atoms with Crippen molar-refractivity contribution in [2.24, 2.45) is 0 Å². The van der Waals surface area contributed by atoms with Crippen LogP contribution in [-0.4, -0.2) is 29.0 Å². The van der Waals surface area contributed by atoms with Gasteiger partial charge < -0.3 is 9.72 Å². The molecule has 108 valence electrons. The molecule has 0 aliphatic carbocycles. The molecule has 0 amide bonds. The van der Waals surface area contributed by atoms with Crippen molar-refractivity contribution >= 4 is 0 Å². The van der Waals surface area contributed by atoms with Gasteiger partial charge in [0.2, 0.25) is 0 Å². The Balaban J connectivity index is 2.09. The van der Waals surface area contributed by atoms with Crippen LogP contribution in [0.3, 0.4) is 0 Å². The highest BCUT2D eigenvalue weighted by Gasteiger charge is 2.14. The highest BCUT2D eigenvalue weighted by molar-refractivity contribution is 5.30. The van der Waals surface area contributed by atoms with Crippen molar-refractivity contribution in [2.75, 3.05) is 14.2 Å². The molecule has 2 rings (SSSR count). The average Bonchev–Trinajstić information content (AvgIpc) is 2.76. The van der Waals surface area contributed by atoms with Crippen molar-refractivity contribution in [3.8, 4) is 5.75 Å². The molecule has 20 heavy (non-hydrogen) atoms. The zero-order valence-corrected chi connectivity index (χ0v) is 12.9. The molecular weight excluding hydrogens is 250 g/mol. The standard InChI is InChI=1S/C16H23N3O/c1-11-12(2)18-16(17-11)10-19(4)13(3)14-7-6-8-15(9-14)20-5/h6-9,13H,10H2,1-5H3,(H,17,18)/t13-/m1/s1. The van der Waals surface area contributed by atoms with Crippen LogP contribution in [0.5, 0.6) is 5.75 Å². The molecule has 2 aromatic rings. The van der Waals surface area contributed by atoms with Crippen LogP contribution in [0.25, 0.3) is 0 Å². The maximum absolute atomic E-state index is 5.29. The van der Waals surface area contributed by atoms with Gasteiger partial charge in [-0.15, -0.1) is 0 Å². The number of rotatable bonds is 5. The van der Waals surface area contributed by atoms with E-state index in [2.05, 4.69) is 47.9 Å². The van der Waals surface area contributed by atoms with Crippen molar-refractivity contribution in [3.05, 3.63) is 47.0 Å². The van der Waals surface area contributed by atoms with Crippen molar-refractivity contribution in [1.29, 1.82) is 0 Å². The first-order valence-corrected chi connectivity index (χ1v) is 6.87. The Labute approximate surface area is 120 Å². The van der Waals surface area contributed by atoms with Crippen LogP contribution in [0.4, 0.5) is 0 Å². The number of aromatic amines is 1. The molecule has 1 aromatic carbocycles. The number of H-pyrrole nitrogens is 1. The quantitative estimate of drug-likeness (QED) is 0.909. The lowest BCUT2D eigenvalue weighted by Gasteiger charge is -2.24. The van der Waals surface area contributed by atoms with Crippen molar-refractivity contribution in [1.82, 2.24) is 14.9 Å². The molecule has 0 radical (unpaired) electrons. The molecule has 0 aliphatic rings. The number of imidazole rings is 1. The van der Waals surface area contributed by atoms with Crippen LogP contribution in [0.15, 0.2) is 24.3 Å². The van der Waals surface area contributed by atoms with E-state index in [-0.39, 0.29) is 0 Å². The summed E-state index contributed by atoms with van der Waals surface area (Å²) in [6.07, 6.45) is 0. The van der Waals surface area contributed by atoms with E-state index in [1.165, 1.54) is 5.56 Å². The van der Waals surface area contributed by atoms with E-state index in [1.807, 2.05) is 19.1 Å². The van der Waals surface area contributed by atoms with Crippen LogP contribution in [0, 0.1) is 13.8 Å². The Morgan fingerprint density at radius 1 is 1.35 bits per heavy atom. The van der Waals surface area contributed by atoms with Gasteiger partial charge in [0.15, 0.2) is 0 Å². The molecule has 0 saturated heterocycles. The smallest absolute Gasteiger partial charge is 0.120 e. The van der Waals surface area contributed by atoms with E-state index in [9.17, 15) is 0 Å². The third-order valence-electron chi connectivity index (χ3n) is 3.81. The molecule has 4 heteroatoms. The molecule has 1 N–H and O–H groups in total. The molecule has 1 aromatic heterocycles. The lowest BCUT2D eigenvalue weighted by molar-refractivity contribution is 0.247. The predicted molar refractivity (Wildman–Crippen MR) is 80.9 cm³/mol. The average molecular weight is 273 g/mol. The fraction of sp³-hybridized carbons (Fsp3) is 0.438. The van der Waals surface area contributed by atoms with E-state index in [0.29, 0.717) is 6.04 Å². The third kappa shape index (κ3) is 3.20. The van der Waals surface area contributed by atoms with Gasteiger partial charge in [0, 0.05) is 11.7 Å². The molecule has 0 saturated carbocycles. The zero-order chi connectivity index (χ0) is 14.7. The molecule has 0 unspecified atom stereocenters. The van der Waals surface area contributed by atoms with E-state index < -0.39 is 0 Å². The van der Waals surface area contributed by atoms with Crippen molar-refractivity contribution < 1.29 is 4.74 Å². The Bertz CT molecular complexity index is 557. The minimum absolute atomic E-state index is 0.302. The SMILES string of the molecule is COc1cccc([C@@H](C)N(C)Cc2nc(C)c(C)[nH]2)c1. The van der Waals surface area contributed by atoms with Crippen LogP contribution < -0.4 is 4.74 Å². The molecule has 4 nitrogen and oxygen atoms in total.